The Hall–Kier alpha value is -1.52. The van der Waals surface area contributed by atoms with Crippen molar-refractivity contribution in [2.24, 2.45) is 5.92 Å². The number of carboxylic acids is 1. The first-order valence-corrected chi connectivity index (χ1v) is 4.46. The SMILES string of the molecule is CC(Cc1cc(C(F)F)ccn1)C(=O)O. The van der Waals surface area contributed by atoms with Gasteiger partial charge in [-0.05, 0) is 12.1 Å². The summed E-state index contributed by atoms with van der Waals surface area (Å²) < 4.78 is 24.6. The van der Waals surface area contributed by atoms with Gasteiger partial charge in [0, 0.05) is 23.9 Å². The Kier molecular flexibility index (Phi) is 3.71. The van der Waals surface area contributed by atoms with E-state index in [-0.39, 0.29) is 12.0 Å². The van der Waals surface area contributed by atoms with E-state index in [9.17, 15) is 13.6 Å². The molecular weight excluding hydrogens is 204 g/mol. The van der Waals surface area contributed by atoms with Crippen LogP contribution in [0.25, 0.3) is 0 Å². The van der Waals surface area contributed by atoms with Crippen LogP contribution in [-0.4, -0.2) is 16.1 Å². The zero-order valence-corrected chi connectivity index (χ0v) is 8.15. The molecule has 0 fully saturated rings. The lowest BCUT2D eigenvalue weighted by molar-refractivity contribution is -0.141. The number of aromatic nitrogens is 1. The fourth-order valence-electron chi connectivity index (χ4n) is 1.15. The quantitative estimate of drug-likeness (QED) is 0.838. The van der Waals surface area contributed by atoms with Gasteiger partial charge in [0.15, 0.2) is 0 Å². The molecule has 0 saturated carbocycles. The van der Waals surface area contributed by atoms with Gasteiger partial charge in [-0.2, -0.15) is 0 Å². The second-order valence-corrected chi connectivity index (χ2v) is 3.32. The van der Waals surface area contributed by atoms with Crippen LogP contribution < -0.4 is 0 Å². The van der Waals surface area contributed by atoms with Crippen LogP contribution >= 0.6 is 0 Å². The summed E-state index contributed by atoms with van der Waals surface area (Å²) in [4.78, 5) is 14.4. The van der Waals surface area contributed by atoms with E-state index >= 15 is 0 Å². The Balaban J connectivity index is 2.78. The van der Waals surface area contributed by atoms with E-state index in [0.717, 1.165) is 0 Å². The second kappa shape index (κ2) is 4.82. The minimum Gasteiger partial charge on any atom is -0.481 e. The van der Waals surface area contributed by atoms with Crippen molar-refractivity contribution < 1.29 is 18.7 Å². The highest BCUT2D eigenvalue weighted by atomic mass is 19.3. The fraction of sp³-hybridized carbons (Fsp3) is 0.400. The maximum absolute atomic E-state index is 12.3. The molecule has 0 spiro atoms. The van der Waals surface area contributed by atoms with Crippen molar-refractivity contribution in [2.45, 2.75) is 19.8 Å². The average Bonchev–Trinajstić information content (AvgIpc) is 2.18. The molecule has 1 atom stereocenters. The van der Waals surface area contributed by atoms with Gasteiger partial charge in [0.25, 0.3) is 6.43 Å². The summed E-state index contributed by atoms with van der Waals surface area (Å²) in [5, 5.41) is 8.65. The van der Waals surface area contributed by atoms with E-state index in [1.54, 1.807) is 0 Å². The van der Waals surface area contributed by atoms with Gasteiger partial charge in [0.2, 0.25) is 0 Å². The predicted molar refractivity (Wildman–Crippen MR) is 49.7 cm³/mol. The van der Waals surface area contributed by atoms with E-state index in [4.69, 9.17) is 5.11 Å². The third kappa shape index (κ3) is 3.27. The summed E-state index contributed by atoms with van der Waals surface area (Å²) in [6, 6.07) is 2.46. The normalized spacial score (nSPS) is 12.8. The number of carboxylic acid groups (broad SMARTS) is 1. The van der Waals surface area contributed by atoms with E-state index in [1.165, 1.54) is 25.3 Å². The Bertz CT molecular complexity index is 355. The van der Waals surface area contributed by atoms with Gasteiger partial charge >= 0.3 is 5.97 Å². The van der Waals surface area contributed by atoms with Crippen LogP contribution in [0.2, 0.25) is 0 Å². The number of hydrogen-bond donors (Lipinski definition) is 1. The van der Waals surface area contributed by atoms with Crippen molar-refractivity contribution in [3.63, 3.8) is 0 Å². The lowest BCUT2D eigenvalue weighted by Crippen LogP contribution is -2.13. The van der Waals surface area contributed by atoms with Gasteiger partial charge in [-0.3, -0.25) is 9.78 Å². The summed E-state index contributed by atoms with van der Waals surface area (Å²) in [5.74, 6) is -1.58. The Morgan fingerprint density at radius 1 is 1.60 bits per heavy atom. The summed E-state index contributed by atoms with van der Waals surface area (Å²) in [5.41, 5.74) is 0.250. The molecule has 1 aromatic heterocycles. The molecule has 0 radical (unpaired) electrons. The molecule has 0 aliphatic rings. The van der Waals surface area contributed by atoms with Gasteiger partial charge in [-0.25, -0.2) is 8.78 Å². The lowest BCUT2D eigenvalue weighted by atomic mass is 10.0. The van der Waals surface area contributed by atoms with Crippen LogP contribution in [0, 0.1) is 5.92 Å². The fourth-order valence-corrected chi connectivity index (χ4v) is 1.15. The molecule has 0 aromatic carbocycles. The smallest absolute Gasteiger partial charge is 0.306 e. The molecule has 3 nitrogen and oxygen atoms in total. The van der Waals surface area contributed by atoms with Crippen molar-refractivity contribution in [1.82, 2.24) is 4.98 Å². The number of rotatable bonds is 4. The van der Waals surface area contributed by atoms with Crippen molar-refractivity contribution in [1.29, 1.82) is 0 Å². The van der Waals surface area contributed by atoms with Crippen molar-refractivity contribution in [3.05, 3.63) is 29.6 Å². The van der Waals surface area contributed by atoms with Crippen molar-refractivity contribution in [2.75, 3.05) is 0 Å². The summed E-state index contributed by atoms with van der Waals surface area (Å²) in [6.45, 7) is 1.51. The number of aliphatic carboxylic acids is 1. The summed E-state index contributed by atoms with van der Waals surface area (Å²) in [6.07, 6.45) is -1.12. The molecule has 1 heterocycles. The molecule has 0 amide bonds. The molecule has 0 aliphatic carbocycles. The number of alkyl halides is 2. The van der Waals surface area contributed by atoms with Gasteiger partial charge < -0.3 is 5.11 Å². The van der Waals surface area contributed by atoms with Crippen molar-refractivity contribution in [3.8, 4) is 0 Å². The van der Waals surface area contributed by atoms with Gasteiger partial charge in [0.1, 0.15) is 0 Å². The molecule has 82 valence electrons. The number of nitrogens with zero attached hydrogens (tertiary/aromatic N) is 1. The molecule has 0 bridgehead atoms. The Labute approximate surface area is 85.8 Å². The van der Waals surface area contributed by atoms with Gasteiger partial charge in [-0.15, -0.1) is 0 Å². The topological polar surface area (TPSA) is 50.2 Å². The van der Waals surface area contributed by atoms with Crippen LogP contribution in [0.5, 0.6) is 0 Å². The molecular formula is C10H11F2NO2. The molecule has 1 rings (SSSR count). The van der Waals surface area contributed by atoms with Crippen LogP contribution in [0.4, 0.5) is 8.78 Å². The zero-order chi connectivity index (χ0) is 11.4. The Morgan fingerprint density at radius 3 is 2.80 bits per heavy atom. The van der Waals surface area contributed by atoms with E-state index in [2.05, 4.69) is 4.98 Å². The van der Waals surface area contributed by atoms with E-state index in [1.807, 2.05) is 0 Å². The third-order valence-electron chi connectivity index (χ3n) is 2.03. The highest BCUT2D eigenvalue weighted by molar-refractivity contribution is 5.69. The lowest BCUT2D eigenvalue weighted by Gasteiger charge is -2.06. The highest BCUT2D eigenvalue weighted by Gasteiger charge is 2.14. The summed E-state index contributed by atoms with van der Waals surface area (Å²) in [7, 11) is 0. The minimum atomic E-state index is -2.55. The Morgan fingerprint density at radius 2 is 2.27 bits per heavy atom. The highest BCUT2D eigenvalue weighted by Crippen LogP contribution is 2.19. The maximum atomic E-state index is 12.3. The predicted octanol–water partition coefficient (Wildman–Crippen LogP) is 2.28. The van der Waals surface area contributed by atoms with E-state index in [0.29, 0.717) is 5.69 Å². The van der Waals surface area contributed by atoms with Crippen molar-refractivity contribution >= 4 is 5.97 Å². The maximum Gasteiger partial charge on any atom is 0.306 e. The second-order valence-electron chi connectivity index (χ2n) is 3.32. The first-order valence-electron chi connectivity index (χ1n) is 4.46. The van der Waals surface area contributed by atoms with Crippen LogP contribution in [0.1, 0.15) is 24.6 Å². The number of pyridine rings is 1. The molecule has 1 aromatic rings. The van der Waals surface area contributed by atoms with Crippen LogP contribution in [-0.2, 0) is 11.2 Å². The molecule has 5 heteroatoms. The first kappa shape index (κ1) is 11.6. The first-order chi connectivity index (χ1) is 7.00. The monoisotopic (exact) mass is 215 g/mol. The largest absolute Gasteiger partial charge is 0.481 e. The van der Waals surface area contributed by atoms with E-state index < -0.39 is 18.3 Å². The third-order valence-corrected chi connectivity index (χ3v) is 2.03. The molecule has 0 aliphatic heterocycles. The molecule has 15 heavy (non-hydrogen) atoms. The minimum absolute atomic E-state index is 0.127. The molecule has 1 N–H and O–H groups in total. The molecule has 0 saturated heterocycles. The summed E-state index contributed by atoms with van der Waals surface area (Å²) >= 11 is 0. The number of carbonyl (C=O) groups is 1. The number of halogens is 2. The average molecular weight is 215 g/mol. The van der Waals surface area contributed by atoms with Crippen LogP contribution in [0.15, 0.2) is 18.3 Å². The van der Waals surface area contributed by atoms with Crippen LogP contribution in [0.3, 0.4) is 0 Å². The van der Waals surface area contributed by atoms with Gasteiger partial charge in [-0.1, -0.05) is 6.92 Å². The molecule has 1 unspecified atom stereocenters. The van der Waals surface area contributed by atoms with Gasteiger partial charge in [0.05, 0.1) is 5.92 Å². The standard InChI is InChI=1S/C10H11F2NO2/c1-6(10(14)15)4-8-5-7(9(11)12)2-3-13-8/h2-3,5-6,9H,4H2,1H3,(H,14,15). The number of hydrogen-bond acceptors (Lipinski definition) is 2. The zero-order valence-electron chi connectivity index (χ0n) is 8.15.